The monoisotopic (exact) mass is 268 g/mol. The highest BCUT2D eigenvalue weighted by Crippen LogP contribution is 2.18. The van der Waals surface area contributed by atoms with E-state index in [1.807, 2.05) is 0 Å². The van der Waals surface area contributed by atoms with Crippen LogP contribution in [0, 0.1) is 0 Å². The zero-order valence-electron chi connectivity index (χ0n) is 11.6. The van der Waals surface area contributed by atoms with E-state index in [1.165, 1.54) is 0 Å². The van der Waals surface area contributed by atoms with E-state index in [1.54, 1.807) is 6.92 Å². The van der Waals surface area contributed by atoms with Crippen molar-refractivity contribution in [1.29, 1.82) is 0 Å². The summed E-state index contributed by atoms with van der Waals surface area (Å²) in [4.78, 5) is 25.7. The highest BCUT2D eigenvalue weighted by molar-refractivity contribution is 5.88. The predicted octanol–water partition coefficient (Wildman–Crippen LogP) is -0.935. The van der Waals surface area contributed by atoms with Crippen molar-refractivity contribution in [3.8, 4) is 0 Å². The number of carbonyl (C=O) groups excluding carboxylic acids is 2. The lowest BCUT2D eigenvalue weighted by Crippen LogP contribution is -2.48. The topological polar surface area (TPSA) is 73.5 Å². The molecule has 3 N–H and O–H groups in total. The maximum atomic E-state index is 11.9. The van der Waals surface area contributed by atoms with Crippen molar-refractivity contribution < 1.29 is 9.59 Å². The Morgan fingerprint density at radius 1 is 1.32 bits per heavy atom. The first-order chi connectivity index (χ1) is 9.15. The first-order valence-corrected chi connectivity index (χ1v) is 7.18. The molecule has 1 unspecified atom stereocenters. The highest BCUT2D eigenvalue weighted by atomic mass is 16.2. The summed E-state index contributed by atoms with van der Waals surface area (Å²) in [6, 6.07) is -0.110. The molecule has 1 aliphatic heterocycles. The summed E-state index contributed by atoms with van der Waals surface area (Å²) in [5.74, 6) is -0.145. The third-order valence-electron chi connectivity index (χ3n) is 3.49. The van der Waals surface area contributed by atoms with Crippen LogP contribution in [0.3, 0.4) is 0 Å². The molecule has 0 spiro atoms. The van der Waals surface area contributed by atoms with Gasteiger partial charge in [-0.3, -0.25) is 14.5 Å². The lowest BCUT2D eigenvalue weighted by molar-refractivity contribution is -0.129. The first kappa shape index (κ1) is 14.3. The molecule has 0 aromatic carbocycles. The van der Waals surface area contributed by atoms with Gasteiger partial charge >= 0.3 is 0 Å². The summed E-state index contributed by atoms with van der Waals surface area (Å²) in [6.07, 6.45) is 3.19. The maximum Gasteiger partial charge on any atom is 0.242 e. The minimum absolute atomic E-state index is 0.0691. The Morgan fingerprint density at radius 3 is 2.84 bits per heavy atom. The molecule has 1 saturated carbocycles. The quantitative estimate of drug-likeness (QED) is 0.602. The summed E-state index contributed by atoms with van der Waals surface area (Å²) < 4.78 is 0. The second-order valence-corrected chi connectivity index (χ2v) is 5.45. The first-order valence-electron chi connectivity index (χ1n) is 7.18. The van der Waals surface area contributed by atoms with Gasteiger partial charge in [-0.1, -0.05) is 0 Å². The maximum absolute atomic E-state index is 11.9. The normalized spacial score (nSPS) is 22.4. The molecule has 0 radical (unpaired) electrons. The largest absolute Gasteiger partial charge is 0.352 e. The van der Waals surface area contributed by atoms with Crippen LogP contribution in [0.2, 0.25) is 0 Å². The van der Waals surface area contributed by atoms with Gasteiger partial charge in [-0.15, -0.1) is 0 Å². The fourth-order valence-corrected chi connectivity index (χ4v) is 2.17. The van der Waals surface area contributed by atoms with Crippen molar-refractivity contribution in [2.75, 3.05) is 32.7 Å². The number of carbonyl (C=O) groups is 2. The molecule has 2 amide bonds. The number of hydrogen-bond acceptors (Lipinski definition) is 4. The smallest absolute Gasteiger partial charge is 0.242 e. The van der Waals surface area contributed by atoms with Crippen LogP contribution in [0.25, 0.3) is 0 Å². The minimum atomic E-state index is -0.446. The molecular weight excluding hydrogens is 244 g/mol. The van der Waals surface area contributed by atoms with E-state index in [9.17, 15) is 9.59 Å². The summed E-state index contributed by atoms with van der Waals surface area (Å²) in [5.41, 5.74) is 0. The second-order valence-electron chi connectivity index (χ2n) is 5.45. The van der Waals surface area contributed by atoms with Gasteiger partial charge in [0, 0.05) is 19.1 Å². The Labute approximate surface area is 114 Å². The lowest BCUT2D eigenvalue weighted by atomic mass is 10.3. The van der Waals surface area contributed by atoms with E-state index >= 15 is 0 Å². The van der Waals surface area contributed by atoms with Gasteiger partial charge in [0.15, 0.2) is 0 Å². The van der Waals surface area contributed by atoms with Crippen LogP contribution in [-0.4, -0.2) is 61.5 Å². The van der Waals surface area contributed by atoms with E-state index < -0.39 is 6.04 Å². The second kappa shape index (κ2) is 6.86. The minimum Gasteiger partial charge on any atom is -0.352 e. The van der Waals surface area contributed by atoms with Crippen molar-refractivity contribution in [3.63, 3.8) is 0 Å². The Hall–Kier alpha value is -1.14. The SMILES string of the molecule is CC(NC(=O)CN1CCCNCC1)C(=O)NC1CC1. The third-order valence-corrected chi connectivity index (χ3v) is 3.49. The highest BCUT2D eigenvalue weighted by Gasteiger charge is 2.26. The van der Waals surface area contributed by atoms with Crippen LogP contribution in [0.4, 0.5) is 0 Å². The summed E-state index contributed by atoms with van der Waals surface area (Å²) in [5, 5.41) is 8.96. The molecule has 0 aromatic rings. The van der Waals surface area contributed by atoms with Crippen LogP contribution in [0.1, 0.15) is 26.2 Å². The molecule has 1 heterocycles. The molecule has 6 heteroatoms. The number of rotatable bonds is 5. The Morgan fingerprint density at radius 2 is 2.11 bits per heavy atom. The van der Waals surface area contributed by atoms with Crippen LogP contribution in [0.15, 0.2) is 0 Å². The molecule has 19 heavy (non-hydrogen) atoms. The van der Waals surface area contributed by atoms with E-state index in [2.05, 4.69) is 20.9 Å². The van der Waals surface area contributed by atoms with Gasteiger partial charge in [-0.25, -0.2) is 0 Å². The third kappa shape index (κ3) is 5.16. The van der Waals surface area contributed by atoms with Crippen LogP contribution in [0.5, 0.6) is 0 Å². The number of amides is 2. The zero-order valence-corrected chi connectivity index (χ0v) is 11.6. The predicted molar refractivity (Wildman–Crippen MR) is 72.7 cm³/mol. The van der Waals surface area contributed by atoms with Crippen molar-refractivity contribution in [1.82, 2.24) is 20.9 Å². The van der Waals surface area contributed by atoms with E-state index in [4.69, 9.17) is 0 Å². The van der Waals surface area contributed by atoms with E-state index in [0.717, 1.165) is 45.4 Å². The van der Waals surface area contributed by atoms with Crippen LogP contribution in [-0.2, 0) is 9.59 Å². The zero-order chi connectivity index (χ0) is 13.7. The molecule has 0 aromatic heterocycles. The van der Waals surface area contributed by atoms with Crippen molar-refractivity contribution >= 4 is 11.8 Å². The lowest BCUT2D eigenvalue weighted by Gasteiger charge is -2.20. The van der Waals surface area contributed by atoms with Gasteiger partial charge in [0.2, 0.25) is 11.8 Å². The molecule has 1 atom stereocenters. The molecular formula is C13H24N4O2. The molecule has 108 valence electrons. The van der Waals surface area contributed by atoms with Gasteiger partial charge < -0.3 is 16.0 Å². The fourth-order valence-electron chi connectivity index (χ4n) is 2.17. The molecule has 2 aliphatic rings. The fraction of sp³-hybridized carbons (Fsp3) is 0.846. The number of nitrogens with one attached hydrogen (secondary N) is 3. The summed E-state index contributed by atoms with van der Waals surface area (Å²) >= 11 is 0. The van der Waals surface area contributed by atoms with E-state index in [0.29, 0.717) is 12.6 Å². The number of nitrogens with zero attached hydrogens (tertiary/aromatic N) is 1. The molecule has 2 fully saturated rings. The van der Waals surface area contributed by atoms with Crippen molar-refractivity contribution in [2.24, 2.45) is 0 Å². The Kier molecular flexibility index (Phi) is 5.15. The standard InChI is InChI=1S/C13H24N4O2/c1-10(13(19)16-11-3-4-11)15-12(18)9-17-7-2-5-14-6-8-17/h10-11,14H,2-9H2,1H3,(H,15,18)(H,16,19). The Balaban J connectivity index is 1.68. The van der Waals surface area contributed by atoms with Gasteiger partial charge in [0.25, 0.3) is 0 Å². The van der Waals surface area contributed by atoms with Crippen LogP contribution >= 0.6 is 0 Å². The van der Waals surface area contributed by atoms with Crippen molar-refractivity contribution in [3.05, 3.63) is 0 Å². The van der Waals surface area contributed by atoms with Crippen LogP contribution < -0.4 is 16.0 Å². The Bertz CT molecular complexity index is 323. The van der Waals surface area contributed by atoms with Crippen molar-refractivity contribution in [2.45, 2.75) is 38.3 Å². The molecule has 2 rings (SSSR count). The average molecular weight is 268 g/mol. The summed E-state index contributed by atoms with van der Waals surface area (Å²) in [6.45, 7) is 5.87. The summed E-state index contributed by atoms with van der Waals surface area (Å²) in [7, 11) is 0. The van der Waals surface area contributed by atoms with E-state index in [-0.39, 0.29) is 11.8 Å². The van der Waals surface area contributed by atoms with Gasteiger partial charge in [-0.2, -0.15) is 0 Å². The average Bonchev–Trinajstić information content (AvgIpc) is 3.16. The molecule has 0 bridgehead atoms. The van der Waals surface area contributed by atoms with Gasteiger partial charge in [0.05, 0.1) is 6.54 Å². The molecule has 1 aliphatic carbocycles. The van der Waals surface area contributed by atoms with Gasteiger partial charge in [0.1, 0.15) is 6.04 Å². The molecule has 6 nitrogen and oxygen atoms in total. The van der Waals surface area contributed by atoms with Gasteiger partial charge in [-0.05, 0) is 39.3 Å². The molecule has 1 saturated heterocycles. The number of hydrogen-bond donors (Lipinski definition) is 3.